The minimum atomic E-state index is -0.843. The van der Waals surface area contributed by atoms with Crippen molar-refractivity contribution in [2.45, 2.75) is 19.4 Å². The van der Waals surface area contributed by atoms with Crippen molar-refractivity contribution in [2.24, 2.45) is 4.99 Å². The number of nitro benzene ring substituents is 1. The van der Waals surface area contributed by atoms with E-state index in [0.717, 1.165) is 16.5 Å². The summed E-state index contributed by atoms with van der Waals surface area (Å²) in [4.78, 5) is 17.6. The number of aliphatic hydroxyl groups is 1. The Labute approximate surface area is 207 Å². The van der Waals surface area contributed by atoms with Gasteiger partial charge in [-0.1, -0.05) is 0 Å². The number of benzene rings is 2. The summed E-state index contributed by atoms with van der Waals surface area (Å²) in [5, 5.41) is 28.1. The molecule has 33 heavy (non-hydrogen) atoms. The van der Waals surface area contributed by atoms with Gasteiger partial charge in [0.05, 0.1) is 11.5 Å². The number of nitrogens with zero attached hydrogens (tertiary/aromatic N) is 2. The van der Waals surface area contributed by atoms with Crippen LogP contribution in [-0.2, 0) is 6.42 Å². The summed E-state index contributed by atoms with van der Waals surface area (Å²) in [6.45, 7) is 3.33. The monoisotopic (exact) mass is 571 g/mol. The number of guanidine groups is 1. The van der Waals surface area contributed by atoms with Gasteiger partial charge in [-0.25, -0.2) is 4.39 Å². The molecule has 1 heterocycles. The molecular weight excluding hydrogens is 544 g/mol. The second-order valence-corrected chi connectivity index (χ2v) is 7.12. The molecule has 0 aliphatic heterocycles. The number of rotatable bonds is 10. The molecule has 1 atom stereocenters. The number of nitrogens with one attached hydrogen (secondary N) is 3. The van der Waals surface area contributed by atoms with E-state index >= 15 is 0 Å². The Morgan fingerprint density at radius 3 is 2.73 bits per heavy atom. The zero-order valence-electron chi connectivity index (χ0n) is 18.1. The van der Waals surface area contributed by atoms with Gasteiger partial charge in [0.15, 0.2) is 5.96 Å². The molecule has 1 unspecified atom stereocenters. The van der Waals surface area contributed by atoms with Gasteiger partial charge in [0.1, 0.15) is 24.3 Å². The third kappa shape index (κ3) is 7.86. The van der Waals surface area contributed by atoms with E-state index in [2.05, 4.69) is 20.6 Å². The van der Waals surface area contributed by atoms with E-state index in [4.69, 9.17) is 4.74 Å². The number of aliphatic imine (C=N–C) groups is 1. The molecule has 0 fully saturated rings. The fourth-order valence-corrected chi connectivity index (χ4v) is 3.13. The Balaban J connectivity index is 0.00000385. The summed E-state index contributed by atoms with van der Waals surface area (Å²) in [7, 11) is 0. The van der Waals surface area contributed by atoms with Crippen molar-refractivity contribution in [3.8, 4) is 5.75 Å². The molecule has 4 N–H and O–H groups in total. The number of aromatic amines is 1. The number of non-ortho nitro benzene ring substituents is 1. The summed E-state index contributed by atoms with van der Waals surface area (Å²) in [5.41, 5.74) is 1.81. The Morgan fingerprint density at radius 1 is 1.27 bits per heavy atom. The van der Waals surface area contributed by atoms with Crippen LogP contribution in [-0.4, -0.2) is 53.3 Å². The van der Waals surface area contributed by atoms with Crippen molar-refractivity contribution in [3.05, 3.63) is 70.2 Å². The molecule has 0 radical (unpaired) electrons. The summed E-state index contributed by atoms with van der Waals surface area (Å²) in [6.07, 6.45) is 1.74. The van der Waals surface area contributed by atoms with Gasteiger partial charge >= 0.3 is 0 Å². The lowest BCUT2D eigenvalue weighted by Gasteiger charge is -2.14. The van der Waals surface area contributed by atoms with Crippen molar-refractivity contribution >= 4 is 46.5 Å². The van der Waals surface area contributed by atoms with Crippen molar-refractivity contribution < 1.29 is 19.2 Å². The molecule has 0 aliphatic rings. The third-order valence-electron chi connectivity index (χ3n) is 4.71. The molecule has 0 saturated carbocycles. The van der Waals surface area contributed by atoms with Crippen LogP contribution in [0.15, 0.2) is 53.7 Å². The van der Waals surface area contributed by atoms with Gasteiger partial charge in [0.2, 0.25) is 0 Å². The zero-order chi connectivity index (χ0) is 22.9. The van der Waals surface area contributed by atoms with Gasteiger partial charge in [0.25, 0.3) is 5.69 Å². The number of aliphatic hydroxyl groups excluding tert-OH is 1. The van der Waals surface area contributed by atoms with Gasteiger partial charge in [-0.15, -0.1) is 24.0 Å². The standard InChI is InChI=1S/C22H26FN5O4.HI/c1-2-24-22(25-10-9-15-12-26-21-11-16(23)3-8-20(15)21)27-13-18(29)14-32-19-6-4-17(5-7-19)28(30)31;/h3-8,11-12,18,26,29H,2,9-10,13-14H2,1H3,(H2,24,25,27);1H. The molecule has 0 aliphatic carbocycles. The number of hydrogen-bond donors (Lipinski definition) is 4. The fraction of sp³-hybridized carbons (Fsp3) is 0.318. The predicted molar refractivity (Wildman–Crippen MR) is 136 cm³/mol. The van der Waals surface area contributed by atoms with Crippen LogP contribution in [0.5, 0.6) is 5.75 Å². The highest BCUT2D eigenvalue weighted by atomic mass is 127. The number of nitro groups is 1. The molecule has 178 valence electrons. The second kappa shape index (κ2) is 12.9. The van der Waals surface area contributed by atoms with Crippen LogP contribution in [0.2, 0.25) is 0 Å². The molecule has 3 rings (SSSR count). The zero-order valence-corrected chi connectivity index (χ0v) is 20.4. The van der Waals surface area contributed by atoms with Crippen LogP contribution >= 0.6 is 24.0 Å². The molecule has 0 bridgehead atoms. The van der Waals surface area contributed by atoms with Gasteiger partial charge in [-0.05, 0) is 49.2 Å². The molecule has 0 spiro atoms. The average Bonchev–Trinajstić information content (AvgIpc) is 3.18. The van der Waals surface area contributed by atoms with E-state index in [9.17, 15) is 19.6 Å². The second-order valence-electron chi connectivity index (χ2n) is 7.12. The minimum Gasteiger partial charge on any atom is -0.491 e. The van der Waals surface area contributed by atoms with Crippen molar-refractivity contribution in [2.75, 3.05) is 26.2 Å². The number of hydrogen-bond acceptors (Lipinski definition) is 5. The lowest BCUT2D eigenvalue weighted by Crippen LogP contribution is -2.39. The van der Waals surface area contributed by atoms with Crippen LogP contribution < -0.4 is 15.4 Å². The quantitative estimate of drug-likeness (QED) is 0.0973. The lowest BCUT2D eigenvalue weighted by atomic mass is 10.1. The lowest BCUT2D eigenvalue weighted by molar-refractivity contribution is -0.384. The van der Waals surface area contributed by atoms with E-state index in [1.54, 1.807) is 6.07 Å². The molecule has 0 saturated heterocycles. The number of H-pyrrole nitrogens is 1. The first kappa shape index (κ1) is 26.3. The maximum Gasteiger partial charge on any atom is 0.269 e. The maximum atomic E-state index is 13.3. The topological polar surface area (TPSA) is 125 Å². The van der Waals surface area contributed by atoms with Gasteiger partial charge in [-0.2, -0.15) is 0 Å². The first-order valence-electron chi connectivity index (χ1n) is 10.3. The molecule has 2 aromatic carbocycles. The molecular formula is C22H27FIN5O4. The van der Waals surface area contributed by atoms with Crippen LogP contribution in [0.25, 0.3) is 10.9 Å². The molecule has 0 amide bonds. The number of halogens is 2. The van der Waals surface area contributed by atoms with Crippen LogP contribution in [0, 0.1) is 15.9 Å². The van der Waals surface area contributed by atoms with Gasteiger partial charge in [0, 0.05) is 42.3 Å². The smallest absolute Gasteiger partial charge is 0.269 e. The molecule has 1 aromatic heterocycles. The van der Waals surface area contributed by atoms with E-state index < -0.39 is 11.0 Å². The van der Waals surface area contributed by atoms with E-state index in [1.165, 1.54) is 36.4 Å². The highest BCUT2D eigenvalue weighted by molar-refractivity contribution is 14.0. The predicted octanol–water partition coefficient (Wildman–Crippen LogP) is 3.37. The Morgan fingerprint density at radius 2 is 2.03 bits per heavy atom. The van der Waals surface area contributed by atoms with E-state index in [0.29, 0.717) is 31.2 Å². The van der Waals surface area contributed by atoms with Gasteiger partial charge in [-0.3, -0.25) is 15.1 Å². The Kier molecular flexibility index (Phi) is 10.3. The van der Waals surface area contributed by atoms with Crippen LogP contribution in [0.4, 0.5) is 10.1 Å². The highest BCUT2D eigenvalue weighted by Gasteiger charge is 2.09. The van der Waals surface area contributed by atoms with E-state index in [1.807, 2.05) is 13.1 Å². The largest absolute Gasteiger partial charge is 0.491 e. The van der Waals surface area contributed by atoms with E-state index in [-0.39, 0.29) is 48.6 Å². The number of aromatic nitrogens is 1. The SMILES string of the molecule is CCNC(=NCC(O)COc1ccc([N+](=O)[O-])cc1)NCCc1c[nH]c2cc(F)ccc12.I. The molecule has 9 nitrogen and oxygen atoms in total. The van der Waals surface area contributed by atoms with Crippen molar-refractivity contribution in [3.63, 3.8) is 0 Å². The molecule has 11 heteroatoms. The Hall–Kier alpha value is -2.93. The van der Waals surface area contributed by atoms with Crippen molar-refractivity contribution in [1.82, 2.24) is 15.6 Å². The normalized spacial score (nSPS) is 12.2. The average molecular weight is 571 g/mol. The van der Waals surface area contributed by atoms with Crippen LogP contribution in [0.3, 0.4) is 0 Å². The Bertz CT molecular complexity index is 1070. The summed E-state index contributed by atoms with van der Waals surface area (Å²) in [5.74, 6) is 0.719. The summed E-state index contributed by atoms with van der Waals surface area (Å²) in [6, 6.07) is 10.3. The fourth-order valence-electron chi connectivity index (χ4n) is 3.13. The first-order valence-corrected chi connectivity index (χ1v) is 10.3. The third-order valence-corrected chi connectivity index (χ3v) is 4.71. The summed E-state index contributed by atoms with van der Waals surface area (Å²) >= 11 is 0. The number of fused-ring (bicyclic) bond motifs is 1. The van der Waals surface area contributed by atoms with Crippen LogP contribution in [0.1, 0.15) is 12.5 Å². The maximum absolute atomic E-state index is 13.3. The number of ether oxygens (including phenoxy) is 1. The molecule has 3 aromatic rings. The van der Waals surface area contributed by atoms with Crippen molar-refractivity contribution in [1.29, 1.82) is 0 Å². The summed E-state index contributed by atoms with van der Waals surface area (Å²) < 4.78 is 18.8. The van der Waals surface area contributed by atoms with Gasteiger partial charge < -0.3 is 25.5 Å². The first-order chi connectivity index (χ1) is 15.5. The minimum absolute atomic E-state index is 0. The highest BCUT2D eigenvalue weighted by Crippen LogP contribution is 2.19.